The second-order valence-corrected chi connectivity index (χ2v) is 5.85. The number of phenolic OH excluding ortho intramolecular Hbond substituents is 1. The highest BCUT2D eigenvalue weighted by atomic mass is 16.3. The lowest BCUT2D eigenvalue weighted by Gasteiger charge is -2.10. The number of rotatable bonds is 3. The van der Waals surface area contributed by atoms with E-state index in [0.717, 1.165) is 16.6 Å². The summed E-state index contributed by atoms with van der Waals surface area (Å²) >= 11 is 0. The average molecular weight is 329 g/mol. The van der Waals surface area contributed by atoms with Gasteiger partial charge in [0.25, 0.3) is 0 Å². The molecule has 1 aromatic heterocycles. The molecule has 0 fully saturated rings. The van der Waals surface area contributed by atoms with Crippen molar-refractivity contribution in [1.82, 2.24) is 15.0 Å². The highest BCUT2D eigenvalue weighted by molar-refractivity contribution is 6.11. The highest BCUT2D eigenvalue weighted by Gasteiger charge is 2.19. The van der Waals surface area contributed by atoms with Crippen LogP contribution < -0.4 is 0 Å². The molecule has 5 heteroatoms. The molecule has 1 heterocycles. The van der Waals surface area contributed by atoms with Gasteiger partial charge in [-0.05, 0) is 36.8 Å². The summed E-state index contributed by atoms with van der Waals surface area (Å²) in [5.74, 6) is -0.362. The zero-order valence-electron chi connectivity index (χ0n) is 13.5. The summed E-state index contributed by atoms with van der Waals surface area (Å²) < 4.78 is 0. The number of aromatic hydroxyl groups is 1. The molecule has 0 amide bonds. The number of ketones is 1. The number of hydrogen-bond donors (Lipinski definition) is 1. The Labute approximate surface area is 144 Å². The lowest BCUT2D eigenvalue weighted by atomic mass is 10.00. The Hall–Kier alpha value is -3.47. The summed E-state index contributed by atoms with van der Waals surface area (Å²) in [6.07, 6.45) is 0. The standard InChI is InChI=1S/C20H15N3O2/c1-13-11-15(19(24)14-7-3-2-4-8-14)20(25)18(12-13)23-21-16-9-5-6-10-17(16)22-23/h2-12,25H,1H3. The van der Waals surface area contributed by atoms with Crippen molar-refractivity contribution in [1.29, 1.82) is 0 Å². The van der Waals surface area contributed by atoms with E-state index in [9.17, 15) is 9.90 Å². The molecule has 0 bridgehead atoms. The van der Waals surface area contributed by atoms with Crippen LogP contribution >= 0.6 is 0 Å². The van der Waals surface area contributed by atoms with Crippen LogP contribution in [0, 0.1) is 6.92 Å². The lowest BCUT2D eigenvalue weighted by Crippen LogP contribution is -2.06. The summed E-state index contributed by atoms with van der Waals surface area (Å²) in [6, 6.07) is 19.8. The van der Waals surface area contributed by atoms with Crippen LogP contribution in [0.15, 0.2) is 66.7 Å². The SMILES string of the molecule is Cc1cc(C(=O)c2ccccc2)c(O)c(-n2nc3ccccc3n2)c1. The Morgan fingerprint density at radius 3 is 2.16 bits per heavy atom. The predicted molar refractivity (Wildman–Crippen MR) is 95.1 cm³/mol. The average Bonchev–Trinajstić information content (AvgIpc) is 3.07. The summed E-state index contributed by atoms with van der Waals surface area (Å²) in [6.45, 7) is 1.87. The van der Waals surface area contributed by atoms with E-state index >= 15 is 0 Å². The van der Waals surface area contributed by atoms with Crippen LogP contribution in [0.4, 0.5) is 0 Å². The normalized spacial score (nSPS) is 10.9. The minimum Gasteiger partial charge on any atom is -0.505 e. The molecule has 0 spiro atoms. The molecule has 0 radical (unpaired) electrons. The molecule has 0 atom stereocenters. The zero-order chi connectivity index (χ0) is 17.4. The smallest absolute Gasteiger partial charge is 0.196 e. The van der Waals surface area contributed by atoms with Gasteiger partial charge in [0.2, 0.25) is 0 Å². The molecule has 25 heavy (non-hydrogen) atoms. The van der Waals surface area contributed by atoms with Crippen molar-refractivity contribution in [3.63, 3.8) is 0 Å². The van der Waals surface area contributed by atoms with E-state index in [-0.39, 0.29) is 17.1 Å². The first-order valence-electron chi connectivity index (χ1n) is 7.89. The monoisotopic (exact) mass is 329 g/mol. The molecule has 3 aromatic carbocycles. The fraction of sp³-hybridized carbons (Fsp3) is 0.0500. The van der Waals surface area contributed by atoms with Gasteiger partial charge in [-0.3, -0.25) is 4.79 Å². The van der Waals surface area contributed by atoms with E-state index in [1.165, 1.54) is 4.80 Å². The van der Waals surface area contributed by atoms with Gasteiger partial charge < -0.3 is 5.11 Å². The number of hydrogen-bond acceptors (Lipinski definition) is 4. The van der Waals surface area contributed by atoms with E-state index in [4.69, 9.17) is 0 Å². The van der Waals surface area contributed by atoms with Gasteiger partial charge in [-0.25, -0.2) is 0 Å². The topological polar surface area (TPSA) is 68.0 Å². The van der Waals surface area contributed by atoms with Gasteiger partial charge in [0, 0.05) is 5.56 Å². The number of aromatic nitrogens is 3. The molecule has 122 valence electrons. The minimum absolute atomic E-state index is 0.125. The number of nitrogens with zero attached hydrogens (tertiary/aromatic N) is 3. The van der Waals surface area contributed by atoms with Crippen molar-refractivity contribution in [3.05, 3.63) is 83.4 Å². The maximum Gasteiger partial charge on any atom is 0.196 e. The maximum absolute atomic E-state index is 12.8. The Bertz CT molecular complexity index is 1050. The van der Waals surface area contributed by atoms with Gasteiger partial charge in [0.15, 0.2) is 11.5 Å². The van der Waals surface area contributed by atoms with Crippen molar-refractivity contribution in [3.8, 4) is 11.4 Å². The lowest BCUT2D eigenvalue weighted by molar-refractivity contribution is 0.103. The molecule has 4 rings (SSSR count). The van der Waals surface area contributed by atoms with Crippen LogP contribution in [0.25, 0.3) is 16.7 Å². The molecule has 4 aromatic rings. The molecule has 5 nitrogen and oxygen atoms in total. The number of fused-ring (bicyclic) bond motifs is 1. The van der Waals surface area contributed by atoms with E-state index in [1.54, 1.807) is 36.4 Å². The molecule has 0 saturated carbocycles. The van der Waals surface area contributed by atoms with E-state index < -0.39 is 0 Å². The number of carbonyl (C=O) groups excluding carboxylic acids is 1. The fourth-order valence-corrected chi connectivity index (χ4v) is 2.80. The third kappa shape index (κ3) is 2.65. The Morgan fingerprint density at radius 2 is 1.52 bits per heavy atom. The first-order valence-corrected chi connectivity index (χ1v) is 7.89. The van der Waals surface area contributed by atoms with Crippen LogP contribution in [-0.4, -0.2) is 25.9 Å². The zero-order valence-corrected chi connectivity index (χ0v) is 13.5. The third-order valence-corrected chi connectivity index (χ3v) is 4.02. The van der Waals surface area contributed by atoms with Crippen LogP contribution in [0.2, 0.25) is 0 Å². The second-order valence-electron chi connectivity index (χ2n) is 5.85. The van der Waals surface area contributed by atoms with Crippen LogP contribution in [-0.2, 0) is 0 Å². The van der Waals surface area contributed by atoms with E-state index in [2.05, 4.69) is 10.2 Å². The molecule has 0 unspecified atom stereocenters. The summed E-state index contributed by atoms with van der Waals surface area (Å²) in [5, 5.41) is 19.5. The maximum atomic E-state index is 12.8. The summed E-state index contributed by atoms with van der Waals surface area (Å²) in [7, 11) is 0. The molecule has 0 saturated heterocycles. The number of aryl methyl sites for hydroxylation is 1. The van der Waals surface area contributed by atoms with Crippen molar-refractivity contribution in [2.45, 2.75) is 6.92 Å². The van der Waals surface area contributed by atoms with E-state index in [0.29, 0.717) is 11.3 Å². The molecule has 0 aliphatic carbocycles. The quantitative estimate of drug-likeness (QED) is 0.582. The number of phenols is 1. The van der Waals surface area contributed by atoms with Gasteiger partial charge in [0.1, 0.15) is 16.7 Å². The van der Waals surface area contributed by atoms with Crippen LogP contribution in [0.3, 0.4) is 0 Å². The van der Waals surface area contributed by atoms with Gasteiger partial charge in [-0.2, -0.15) is 0 Å². The van der Waals surface area contributed by atoms with E-state index in [1.807, 2.05) is 37.3 Å². The molecule has 0 aliphatic rings. The summed E-state index contributed by atoms with van der Waals surface area (Å²) in [5.41, 5.74) is 3.43. The minimum atomic E-state index is -0.236. The van der Waals surface area contributed by atoms with Crippen LogP contribution in [0.1, 0.15) is 21.5 Å². The Balaban J connectivity index is 1.87. The first kappa shape index (κ1) is 15.1. The largest absolute Gasteiger partial charge is 0.505 e. The van der Waals surface area contributed by atoms with Gasteiger partial charge in [-0.15, -0.1) is 15.0 Å². The fourth-order valence-electron chi connectivity index (χ4n) is 2.80. The second kappa shape index (κ2) is 5.87. The van der Waals surface area contributed by atoms with Crippen molar-refractivity contribution in [2.75, 3.05) is 0 Å². The molecular formula is C20H15N3O2. The first-order chi connectivity index (χ1) is 12.1. The van der Waals surface area contributed by atoms with Gasteiger partial charge >= 0.3 is 0 Å². The van der Waals surface area contributed by atoms with Crippen molar-refractivity contribution < 1.29 is 9.90 Å². The van der Waals surface area contributed by atoms with Gasteiger partial charge in [0.05, 0.1) is 5.56 Å². The molecule has 0 aliphatic heterocycles. The number of carbonyl (C=O) groups is 1. The highest BCUT2D eigenvalue weighted by Crippen LogP contribution is 2.29. The molecular weight excluding hydrogens is 314 g/mol. The van der Waals surface area contributed by atoms with Crippen molar-refractivity contribution in [2.24, 2.45) is 0 Å². The Morgan fingerprint density at radius 1 is 0.920 bits per heavy atom. The van der Waals surface area contributed by atoms with Gasteiger partial charge in [-0.1, -0.05) is 42.5 Å². The number of benzene rings is 3. The molecule has 1 N–H and O–H groups in total. The predicted octanol–water partition coefficient (Wildman–Crippen LogP) is 3.67. The summed E-state index contributed by atoms with van der Waals surface area (Å²) in [4.78, 5) is 14.1. The Kier molecular flexibility index (Phi) is 3.54. The third-order valence-electron chi connectivity index (χ3n) is 4.02. The van der Waals surface area contributed by atoms with Crippen LogP contribution in [0.5, 0.6) is 5.75 Å². The van der Waals surface area contributed by atoms with Crippen molar-refractivity contribution >= 4 is 16.8 Å².